The Bertz CT molecular complexity index is 132. The summed E-state index contributed by atoms with van der Waals surface area (Å²) >= 11 is 0. The number of esters is 1. The lowest BCUT2D eigenvalue weighted by atomic mass is 10.1. The number of carbonyl (C=O) groups is 1. The largest absolute Gasteiger partial charge is 0.465 e. The van der Waals surface area contributed by atoms with E-state index in [0.29, 0.717) is 6.61 Å². The average molecular weight is 158 g/mol. The summed E-state index contributed by atoms with van der Waals surface area (Å²) in [7, 11) is 0. The van der Waals surface area contributed by atoms with Crippen LogP contribution in [0.3, 0.4) is 0 Å². The molecular weight excluding hydrogens is 144 g/mol. The zero-order valence-electron chi connectivity index (χ0n) is 6.72. The quantitative estimate of drug-likeness (QED) is 0.547. The van der Waals surface area contributed by atoms with Crippen molar-refractivity contribution in [1.29, 1.82) is 0 Å². The van der Waals surface area contributed by atoms with Crippen molar-refractivity contribution < 1.29 is 9.53 Å². The fraction of sp³-hybridized carbons (Fsp3) is 0.857. The van der Waals surface area contributed by atoms with E-state index in [1.54, 1.807) is 0 Å². The summed E-state index contributed by atoms with van der Waals surface area (Å²) in [4.78, 5) is 11.1. The molecule has 1 aliphatic heterocycles. The van der Waals surface area contributed by atoms with Crippen LogP contribution in [0, 0.1) is 0 Å². The number of carbonyl (C=O) groups excluding carboxylic acids is 1. The second-order valence-electron chi connectivity index (χ2n) is 2.52. The molecule has 64 valence electrons. The Morgan fingerprint density at radius 3 is 3.09 bits per heavy atom. The molecule has 0 aliphatic carbocycles. The summed E-state index contributed by atoms with van der Waals surface area (Å²) in [6.07, 6.45) is 1.89. The average Bonchev–Trinajstić information content (AvgIpc) is 2.07. The van der Waals surface area contributed by atoms with Gasteiger partial charge in [0.15, 0.2) is 0 Å². The van der Waals surface area contributed by atoms with Gasteiger partial charge in [0, 0.05) is 6.54 Å². The first-order valence-electron chi connectivity index (χ1n) is 3.99. The molecule has 0 aromatic heterocycles. The number of hydrazine groups is 1. The maximum Gasteiger partial charge on any atom is 0.324 e. The minimum absolute atomic E-state index is 0.149. The Kier molecular flexibility index (Phi) is 3.32. The monoisotopic (exact) mass is 158 g/mol. The van der Waals surface area contributed by atoms with Gasteiger partial charge in [-0.2, -0.15) is 0 Å². The summed E-state index contributed by atoms with van der Waals surface area (Å²) in [5.41, 5.74) is 5.80. The van der Waals surface area contributed by atoms with E-state index >= 15 is 0 Å². The molecule has 0 saturated carbocycles. The van der Waals surface area contributed by atoms with E-state index in [1.807, 2.05) is 6.92 Å². The lowest BCUT2D eigenvalue weighted by Gasteiger charge is -2.22. The zero-order valence-corrected chi connectivity index (χ0v) is 6.72. The molecule has 0 bridgehead atoms. The van der Waals surface area contributed by atoms with Crippen LogP contribution in [-0.4, -0.2) is 25.2 Å². The fourth-order valence-electron chi connectivity index (χ4n) is 1.08. The first kappa shape index (κ1) is 8.49. The molecular formula is C7H14N2O2. The number of ether oxygens (including phenoxy) is 1. The third kappa shape index (κ3) is 2.48. The van der Waals surface area contributed by atoms with Crippen LogP contribution < -0.4 is 10.9 Å². The number of rotatable bonds is 2. The first-order chi connectivity index (χ1) is 5.34. The Labute approximate surface area is 66.3 Å². The van der Waals surface area contributed by atoms with Crippen LogP contribution in [0.25, 0.3) is 0 Å². The molecule has 0 aromatic rings. The zero-order chi connectivity index (χ0) is 8.10. The van der Waals surface area contributed by atoms with Crippen molar-refractivity contribution in [1.82, 2.24) is 10.9 Å². The lowest BCUT2D eigenvalue weighted by molar-refractivity contribution is -0.146. The SMILES string of the molecule is CCOC(=O)C1CCCNN1. The molecule has 11 heavy (non-hydrogen) atoms. The van der Waals surface area contributed by atoms with E-state index in [2.05, 4.69) is 10.9 Å². The van der Waals surface area contributed by atoms with Gasteiger partial charge in [0.25, 0.3) is 0 Å². The Balaban J connectivity index is 2.27. The van der Waals surface area contributed by atoms with Gasteiger partial charge in [-0.1, -0.05) is 0 Å². The summed E-state index contributed by atoms with van der Waals surface area (Å²) in [5.74, 6) is -0.153. The van der Waals surface area contributed by atoms with Crippen LogP contribution >= 0.6 is 0 Å². The van der Waals surface area contributed by atoms with Crippen molar-refractivity contribution in [2.45, 2.75) is 25.8 Å². The molecule has 1 fully saturated rings. The summed E-state index contributed by atoms with van der Waals surface area (Å²) in [6.45, 7) is 3.20. The van der Waals surface area contributed by atoms with Gasteiger partial charge in [-0.25, -0.2) is 5.43 Å². The van der Waals surface area contributed by atoms with Crippen LogP contribution in [-0.2, 0) is 9.53 Å². The van der Waals surface area contributed by atoms with E-state index in [0.717, 1.165) is 19.4 Å². The van der Waals surface area contributed by atoms with Crippen LogP contribution in [0.5, 0.6) is 0 Å². The highest BCUT2D eigenvalue weighted by molar-refractivity contribution is 5.75. The second-order valence-corrected chi connectivity index (χ2v) is 2.52. The molecule has 1 atom stereocenters. The molecule has 0 amide bonds. The molecule has 4 nitrogen and oxygen atoms in total. The summed E-state index contributed by atoms with van der Waals surface area (Å²) in [6, 6.07) is -0.149. The van der Waals surface area contributed by atoms with Crippen LogP contribution in [0.2, 0.25) is 0 Å². The van der Waals surface area contributed by atoms with Crippen molar-refractivity contribution in [3.8, 4) is 0 Å². The third-order valence-corrected chi connectivity index (χ3v) is 1.64. The number of hydrogen-bond acceptors (Lipinski definition) is 4. The number of nitrogens with one attached hydrogen (secondary N) is 2. The Morgan fingerprint density at radius 1 is 1.73 bits per heavy atom. The first-order valence-corrected chi connectivity index (χ1v) is 3.99. The lowest BCUT2D eigenvalue weighted by Crippen LogP contribution is -2.50. The van der Waals surface area contributed by atoms with E-state index in [4.69, 9.17) is 4.74 Å². The van der Waals surface area contributed by atoms with Gasteiger partial charge < -0.3 is 4.74 Å². The van der Waals surface area contributed by atoms with E-state index in [-0.39, 0.29) is 12.0 Å². The standard InChI is InChI=1S/C7H14N2O2/c1-2-11-7(10)6-4-3-5-8-9-6/h6,8-9H,2-5H2,1H3. The minimum atomic E-state index is -0.153. The maximum atomic E-state index is 11.1. The molecule has 1 rings (SSSR count). The van der Waals surface area contributed by atoms with Gasteiger partial charge in [-0.3, -0.25) is 10.2 Å². The molecule has 1 saturated heterocycles. The van der Waals surface area contributed by atoms with E-state index in [1.165, 1.54) is 0 Å². The molecule has 0 spiro atoms. The summed E-state index contributed by atoms with van der Waals surface area (Å²) < 4.78 is 4.84. The van der Waals surface area contributed by atoms with Crippen LogP contribution in [0.15, 0.2) is 0 Å². The Hall–Kier alpha value is -0.610. The molecule has 2 N–H and O–H groups in total. The van der Waals surface area contributed by atoms with Crippen LogP contribution in [0.4, 0.5) is 0 Å². The molecule has 4 heteroatoms. The van der Waals surface area contributed by atoms with Crippen molar-refractivity contribution in [2.24, 2.45) is 0 Å². The second kappa shape index (κ2) is 4.31. The van der Waals surface area contributed by atoms with Gasteiger partial charge in [0.1, 0.15) is 6.04 Å². The van der Waals surface area contributed by atoms with Gasteiger partial charge >= 0.3 is 5.97 Å². The Morgan fingerprint density at radius 2 is 2.55 bits per heavy atom. The molecule has 1 unspecified atom stereocenters. The van der Waals surface area contributed by atoms with Gasteiger partial charge in [0.05, 0.1) is 6.61 Å². The predicted octanol–water partition coefficient (Wildman–Crippen LogP) is -0.194. The minimum Gasteiger partial charge on any atom is -0.465 e. The van der Waals surface area contributed by atoms with Crippen LogP contribution in [0.1, 0.15) is 19.8 Å². The molecule has 1 aliphatic rings. The topological polar surface area (TPSA) is 50.4 Å². The highest BCUT2D eigenvalue weighted by Crippen LogP contribution is 2.01. The molecule has 0 radical (unpaired) electrons. The normalized spacial score (nSPS) is 24.6. The van der Waals surface area contributed by atoms with Gasteiger partial charge in [0.2, 0.25) is 0 Å². The number of hydrogen-bond donors (Lipinski definition) is 2. The van der Waals surface area contributed by atoms with E-state index in [9.17, 15) is 4.79 Å². The van der Waals surface area contributed by atoms with E-state index < -0.39 is 0 Å². The van der Waals surface area contributed by atoms with Crippen molar-refractivity contribution in [3.63, 3.8) is 0 Å². The highest BCUT2D eigenvalue weighted by atomic mass is 16.5. The van der Waals surface area contributed by atoms with Crippen molar-refractivity contribution in [2.75, 3.05) is 13.2 Å². The van der Waals surface area contributed by atoms with Gasteiger partial charge in [-0.05, 0) is 19.8 Å². The smallest absolute Gasteiger partial charge is 0.324 e. The highest BCUT2D eigenvalue weighted by Gasteiger charge is 2.20. The molecule has 1 heterocycles. The maximum absolute atomic E-state index is 11.1. The van der Waals surface area contributed by atoms with Crippen molar-refractivity contribution >= 4 is 5.97 Å². The third-order valence-electron chi connectivity index (χ3n) is 1.64. The van der Waals surface area contributed by atoms with Gasteiger partial charge in [-0.15, -0.1) is 0 Å². The predicted molar refractivity (Wildman–Crippen MR) is 40.8 cm³/mol. The van der Waals surface area contributed by atoms with Crippen molar-refractivity contribution in [3.05, 3.63) is 0 Å². The summed E-state index contributed by atoms with van der Waals surface area (Å²) in [5, 5.41) is 0. The molecule has 0 aromatic carbocycles. The fourth-order valence-corrected chi connectivity index (χ4v) is 1.08.